The Labute approximate surface area is 149 Å². The normalized spacial score (nSPS) is 11.6. The molecule has 0 radical (unpaired) electrons. The standard InChI is InChI=1S/C22H28O3/c1-3-5-7-9-15-11-17-18-12-16(10-8-6-4-2)20(24)14-22(18)25-21(17)13-19(15)23/h11-14,23-24H,3-10H2,1-2H3. The fourth-order valence-electron chi connectivity index (χ4n) is 3.47. The zero-order valence-corrected chi connectivity index (χ0v) is 15.3. The SMILES string of the molecule is CCCCCc1cc2c(cc1O)oc1cc(O)c(CCCCC)cc12. The second kappa shape index (κ2) is 7.81. The van der Waals surface area contributed by atoms with Gasteiger partial charge in [-0.25, -0.2) is 0 Å². The number of hydrogen-bond acceptors (Lipinski definition) is 3. The van der Waals surface area contributed by atoms with Gasteiger partial charge in [-0.15, -0.1) is 0 Å². The molecular formula is C22H28O3. The molecule has 1 aromatic heterocycles. The van der Waals surface area contributed by atoms with Gasteiger partial charge in [-0.2, -0.15) is 0 Å². The molecule has 0 saturated carbocycles. The van der Waals surface area contributed by atoms with Crippen LogP contribution in [0.2, 0.25) is 0 Å². The minimum Gasteiger partial charge on any atom is -0.508 e. The summed E-state index contributed by atoms with van der Waals surface area (Å²) in [5.41, 5.74) is 3.31. The molecule has 0 aliphatic heterocycles. The maximum atomic E-state index is 10.3. The average molecular weight is 340 g/mol. The number of hydrogen-bond donors (Lipinski definition) is 2. The minimum atomic E-state index is 0.301. The van der Waals surface area contributed by atoms with Crippen molar-refractivity contribution < 1.29 is 14.6 Å². The van der Waals surface area contributed by atoms with Gasteiger partial charge >= 0.3 is 0 Å². The van der Waals surface area contributed by atoms with Gasteiger partial charge < -0.3 is 14.6 Å². The van der Waals surface area contributed by atoms with Gasteiger partial charge in [0.2, 0.25) is 0 Å². The third kappa shape index (κ3) is 3.76. The first-order chi connectivity index (χ1) is 12.1. The van der Waals surface area contributed by atoms with Crippen LogP contribution in [0.25, 0.3) is 21.9 Å². The van der Waals surface area contributed by atoms with Crippen molar-refractivity contribution in [3.63, 3.8) is 0 Å². The van der Waals surface area contributed by atoms with E-state index in [4.69, 9.17) is 4.42 Å². The summed E-state index contributed by atoms with van der Waals surface area (Å²) in [5.74, 6) is 0.602. The van der Waals surface area contributed by atoms with Crippen LogP contribution in [0.4, 0.5) is 0 Å². The molecule has 0 spiro atoms. The molecule has 3 rings (SSSR count). The molecular weight excluding hydrogens is 312 g/mol. The number of rotatable bonds is 8. The first-order valence-electron chi connectivity index (χ1n) is 9.54. The van der Waals surface area contributed by atoms with Gasteiger partial charge in [0.25, 0.3) is 0 Å². The smallest absolute Gasteiger partial charge is 0.139 e. The van der Waals surface area contributed by atoms with Crippen LogP contribution in [0.3, 0.4) is 0 Å². The van der Waals surface area contributed by atoms with Gasteiger partial charge in [0.15, 0.2) is 0 Å². The Morgan fingerprint density at radius 3 is 1.52 bits per heavy atom. The van der Waals surface area contributed by atoms with E-state index in [0.29, 0.717) is 22.7 Å². The van der Waals surface area contributed by atoms with Crippen molar-refractivity contribution in [3.8, 4) is 11.5 Å². The molecule has 0 aliphatic rings. The van der Waals surface area contributed by atoms with E-state index in [9.17, 15) is 10.2 Å². The van der Waals surface area contributed by atoms with Crippen LogP contribution in [0, 0.1) is 0 Å². The van der Waals surface area contributed by atoms with Gasteiger partial charge in [0, 0.05) is 22.9 Å². The number of furan rings is 1. The van der Waals surface area contributed by atoms with Crippen molar-refractivity contribution in [2.45, 2.75) is 65.2 Å². The number of unbranched alkanes of at least 4 members (excludes halogenated alkanes) is 4. The van der Waals surface area contributed by atoms with Crippen molar-refractivity contribution in [2.24, 2.45) is 0 Å². The highest BCUT2D eigenvalue weighted by Crippen LogP contribution is 2.37. The van der Waals surface area contributed by atoms with Crippen LogP contribution >= 0.6 is 0 Å². The molecule has 0 fully saturated rings. The predicted octanol–water partition coefficient (Wildman–Crippen LogP) is 6.46. The summed E-state index contributed by atoms with van der Waals surface area (Å²) >= 11 is 0. The van der Waals surface area contributed by atoms with Crippen molar-refractivity contribution >= 4 is 21.9 Å². The van der Waals surface area contributed by atoms with Crippen LogP contribution in [-0.4, -0.2) is 10.2 Å². The quantitative estimate of drug-likeness (QED) is 0.462. The first kappa shape index (κ1) is 17.7. The van der Waals surface area contributed by atoms with Crippen LogP contribution in [0.5, 0.6) is 11.5 Å². The highest BCUT2D eigenvalue weighted by molar-refractivity contribution is 6.06. The highest BCUT2D eigenvalue weighted by atomic mass is 16.3. The number of fused-ring (bicyclic) bond motifs is 3. The zero-order chi connectivity index (χ0) is 17.8. The van der Waals surface area contributed by atoms with Crippen LogP contribution < -0.4 is 0 Å². The number of phenols is 2. The summed E-state index contributed by atoms with van der Waals surface area (Å²) in [6.07, 6.45) is 8.57. The van der Waals surface area contributed by atoms with Gasteiger partial charge in [-0.1, -0.05) is 39.5 Å². The van der Waals surface area contributed by atoms with Crippen molar-refractivity contribution in [1.29, 1.82) is 0 Å². The highest BCUT2D eigenvalue weighted by Gasteiger charge is 2.14. The Kier molecular flexibility index (Phi) is 5.52. The molecule has 0 bridgehead atoms. The Bertz CT molecular complexity index is 790. The summed E-state index contributed by atoms with van der Waals surface area (Å²) in [6.45, 7) is 4.36. The fraction of sp³-hybridized carbons (Fsp3) is 0.455. The van der Waals surface area contributed by atoms with Crippen LogP contribution in [0.1, 0.15) is 63.5 Å². The molecule has 0 unspecified atom stereocenters. The maximum absolute atomic E-state index is 10.3. The Morgan fingerprint density at radius 1 is 0.680 bits per heavy atom. The van der Waals surface area contributed by atoms with E-state index >= 15 is 0 Å². The number of phenolic OH excluding ortho intramolecular Hbond substituents is 2. The number of aromatic hydroxyl groups is 2. The number of benzene rings is 2. The molecule has 0 amide bonds. The first-order valence-corrected chi connectivity index (χ1v) is 9.54. The van der Waals surface area contributed by atoms with Crippen molar-refractivity contribution in [1.82, 2.24) is 0 Å². The summed E-state index contributed by atoms with van der Waals surface area (Å²) in [5, 5.41) is 22.6. The number of aryl methyl sites for hydroxylation is 2. The molecule has 0 saturated heterocycles. The monoisotopic (exact) mass is 340 g/mol. The zero-order valence-electron chi connectivity index (χ0n) is 15.3. The van der Waals surface area contributed by atoms with E-state index in [1.807, 2.05) is 0 Å². The lowest BCUT2D eigenvalue weighted by atomic mass is 10.0. The maximum Gasteiger partial charge on any atom is 0.139 e. The van der Waals surface area contributed by atoms with E-state index in [1.165, 1.54) is 12.8 Å². The third-order valence-electron chi connectivity index (χ3n) is 4.97. The van der Waals surface area contributed by atoms with E-state index in [2.05, 4.69) is 26.0 Å². The Hall–Kier alpha value is -2.16. The molecule has 2 aromatic carbocycles. The van der Waals surface area contributed by atoms with Gasteiger partial charge in [-0.05, 0) is 48.9 Å². The Balaban J connectivity index is 2.01. The van der Waals surface area contributed by atoms with E-state index in [1.54, 1.807) is 12.1 Å². The summed E-state index contributed by atoms with van der Waals surface area (Å²) in [7, 11) is 0. The lowest BCUT2D eigenvalue weighted by Crippen LogP contribution is -1.88. The molecule has 3 heteroatoms. The van der Waals surface area contributed by atoms with Gasteiger partial charge in [0.1, 0.15) is 22.7 Å². The van der Waals surface area contributed by atoms with Gasteiger partial charge in [-0.3, -0.25) is 0 Å². The molecule has 0 aliphatic carbocycles. The van der Waals surface area contributed by atoms with E-state index in [-0.39, 0.29) is 0 Å². The molecule has 25 heavy (non-hydrogen) atoms. The van der Waals surface area contributed by atoms with E-state index < -0.39 is 0 Å². The van der Waals surface area contributed by atoms with Crippen molar-refractivity contribution in [3.05, 3.63) is 35.4 Å². The molecule has 3 nitrogen and oxygen atoms in total. The molecule has 0 atom stereocenters. The lowest BCUT2D eigenvalue weighted by molar-refractivity contribution is 0.465. The Morgan fingerprint density at radius 2 is 1.12 bits per heavy atom. The lowest BCUT2D eigenvalue weighted by Gasteiger charge is -2.05. The van der Waals surface area contributed by atoms with Gasteiger partial charge in [0.05, 0.1) is 0 Å². The topological polar surface area (TPSA) is 53.6 Å². The molecule has 134 valence electrons. The van der Waals surface area contributed by atoms with E-state index in [0.717, 1.165) is 60.4 Å². The van der Waals surface area contributed by atoms with Crippen LogP contribution in [0.15, 0.2) is 28.7 Å². The summed E-state index contributed by atoms with van der Waals surface area (Å²) in [6, 6.07) is 7.53. The molecule has 1 heterocycles. The fourth-order valence-corrected chi connectivity index (χ4v) is 3.47. The second-order valence-electron chi connectivity index (χ2n) is 6.97. The molecule has 2 N–H and O–H groups in total. The average Bonchev–Trinajstić information content (AvgIpc) is 2.91. The minimum absolute atomic E-state index is 0.301. The van der Waals surface area contributed by atoms with Crippen LogP contribution in [-0.2, 0) is 12.8 Å². The largest absolute Gasteiger partial charge is 0.508 e. The predicted molar refractivity (Wildman–Crippen MR) is 104 cm³/mol. The molecule has 3 aromatic rings. The third-order valence-corrected chi connectivity index (χ3v) is 4.97. The second-order valence-corrected chi connectivity index (χ2v) is 6.97. The van der Waals surface area contributed by atoms with Crippen molar-refractivity contribution in [2.75, 3.05) is 0 Å². The summed E-state index contributed by atoms with van der Waals surface area (Å²) in [4.78, 5) is 0. The summed E-state index contributed by atoms with van der Waals surface area (Å²) < 4.78 is 5.86.